The molecule has 0 saturated carbocycles. The lowest BCUT2D eigenvalue weighted by molar-refractivity contribution is -0.0628. The Bertz CT molecular complexity index is 707. The van der Waals surface area contributed by atoms with Crippen LogP contribution in [-0.4, -0.2) is 36.8 Å². The highest BCUT2D eigenvalue weighted by molar-refractivity contribution is 5.83. The summed E-state index contributed by atoms with van der Waals surface area (Å²) in [7, 11) is 0. The van der Waals surface area contributed by atoms with Crippen LogP contribution in [0, 0.1) is 11.3 Å². The van der Waals surface area contributed by atoms with Crippen molar-refractivity contribution in [2.24, 2.45) is 0 Å². The highest BCUT2D eigenvalue weighted by Gasteiger charge is 2.41. The van der Waals surface area contributed by atoms with Crippen molar-refractivity contribution in [2.45, 2.75) is 24.7 Å². The molecule has 2 atom stereocenters. The number of nitrogens with two attached hydrogens (primary N) is 2. The molecule has 2 aromatic heterocycles. The van der Waals surface area contributed by atoms with Crippen LogP contribution in [0.25, 0.3) is 11.2 Å². The van der Waals surface area contributed by atoms with Crippen molar-refractivity contribution in [2.75, 3.05) is 18.1 Å². The summed E-state index contributed by atoms with van der Waals surface area (Å²) in [5, 5.41) is 18.4. The second-order valence-corrected chi connectivity index (χ2v) is 4.67. The fraction of sp³-hybridized carbons (Fsp3) is 0.455. The molecular weight excluding hydrogens is 262 g/mol. The van der Waals surface area contributed by atoms with Crippen LogP contribution in [0.5, 0.6) is 0 Å². The van der Waals surface area contributed by atoms with E-state index in [0.717, 1.165) is 0 Å². The highest BCUT2D eigenvalue weighted by Crippen LogP contribution is 2.37. The first-order valence-electron chi connectivity index (χ1n) is 6.04. The molecule has 0 aliphatic carbocycles. The molecule has 20 heavy (non-hydrogen) atoms. The van der Waals surface area contributed by atoms with Crippen LogP contribution in [-0.2, 0) is 4.74 Å². The Balaban J connectivity index is 2.03. The van der Waals surface area contributed by atoms with Gasteiger partial charge in [-0.15, -0.1) is 0 Å². The summed E-state index contributed by atoms with van der Waals surface area (Å²) in [5.74, 6) is 0.251. The van der Waals surface area contributed by atoms with Gasteiger partial charge in [-0.2, -0.15) is 15.2 Å². The van der Waals surface area contributed by atoms with E-state index in [1.807, 2.05) is 6.07 Å². The van der Waals surface area contributed by atoms with Gasteiger partial charge in [0, 0.05) is 0 Å². The number of nitrogens with zero attached hydrogens (tertiary/aromatic N) is 5. The van der Waals surface area contributed by atoms with Crippen molar-refractivity contribution < 1.29 is 9.84 Å². The van der Waals surface area contributed by atoms with Gasteiger partial charge in [0.2, 0.25) is 5.95 Å². The van der Waals surface area contributed by atoms with Crippen LogP contribution in [0.3, 0.4) is 0 Å². The number of aromatic nitrogens is 4. The van der Waals surface area contributed by atoms with E-state index in [2.05, 4.69) is 15.0 Å². The van der Waals surface area contributed by atoms with Gasteiger partial charge in [-0.05, 0) is 12.8 Å². The maximum atomic E-state index is 9.30. The number of aliphatic hydroxyl groups excluding tert-OH is 1. The minimum absolute atomic E-state index is 0.0503. The molecule has 1 aliphatic rings. The number of imidazole rings is 1. The lowest BCUT2D eigenvalue weighted by Crippen LogP contribution is -2.31. The zero-order valence-electron chi connectivity index (χ0n) is 10.5. The number of nitrogen functional groups attached to an aromatic ring is 2. The zero-order valence-corrected chi connectivity index (χ0v) is 10.5. The van der Waals surface area contributed by atoms with Gasteiger partial charge in [0.25, 0.3) is 0 Å². The van der Waals surface area contributed by atoms with E-state index in [9.17, 15) is 5.11 Å². The van der Waals surface area contributed by atoms with Crippen LogP contribution >= 0.6 is 0 Å². The average Bonchev–Trinajstić information content (AvgIpc) is 3.02. The molecule has 9 heteroatoms. The first-order valence-corrected chi connectivity index (χ1v) is 6.04. The van der Waals surface area contributed by atoms with Crippen molar-refractivity contribution in [1.29, 1.82) is 5.26 Å². The molecule has 104 valence electrons. The molecule has 0 bridgehead atoms. The molecule has 0 spiro atoms. The van der Waals surface area contributed by atoms with Gasteiger partial charge in [-0.3, -0.25) is 4.57 Å². The standard InChI is InChI=1S/C11H13N7O2/c12-3-11(4-19)2-1-6(20-11)18-5-15-9-7(18)8(13)16-10(14)17-9/h5-6,19H,1-2,4H2,(H4,13,14,16,17)/t6-,11+/m1/s1. The number of fused-ring (bicyclic) bond motifs is 1. The fourth-order valence-electron chi connectivity index (χ4n) is 2.37. The quantitative estimate of drug-likeness (QED) is 0.667. The number of ether oxygens (including phenoxy) is 1. The van der Waals surface area contributed by atoms with Crippen molar-refractivity contribution >= 4 is 22.9 Å². The molecule has 3 rings (SSSR count). The monoisotopic (exact) mass is 275 g/mol. The largest absolute Gasteiger partial charge is 0.392 e. The smallest absolute Gasteiger partial charge is 0.224 e. The van der Waals surface area contributed by atoms with E-state index in [0.29, 0.717) is 24.0 Å². The number of rotatable bonds is 2. The van der Waals surface area contributed by atoms with Gasteiger partial charge in [0.1, 0.15) is 17.8 Å². The molecule has 1 saturated heterocycles. The molecular formula is C11H13N7O2. The molecule has 0 amide bonds. The minimum Gasteiger partial charge on any atom is -0.392 e. The Morgan fingerprint density at radius 2 is 2.35 bits per heavy atom. The molecule has 5 N–H and O–H groups in total. The van der Waals surface area contributed by atoms with Crippen LogP contribution in [0.2, 0.25) is 0 Å². The third kappa shape index (κ3) is 1.74. The van der Waals surface area contributed by atoms with Gasteiger partial charge in [0.15, 0.2) is 17.1 Å². The molecule has 1 fully saturated rings. The molecule has 1 aliphatic heterocycles. The Morgan fingerprint density at radius 3 is 3.00 bits per heavy atom. The molecule has 0 aromatic carbocycles. The summed E-state index contributed by atoms with van der Waals surface area (Å²) < 4.78 is 7.32. The van der Waals surface area contributed by atoms with Gasteiger partial charge >= 0.3 is 0 Å². The number of aliphatic hydroxyl groups is 1. The first-order chi connectivity index (χ1) is 9.58. The third-order valence-electron chi connectivity index (χ3n) is 3.40. The van der Waals surface area contributed by atoms with E-state index in [1.165, 1.54) is 6.33 Å². The van der Waals surface area contributed by atoms with E-state index in [1.54, 1.807) is 4.57 Å². The molecule has 0 unspecified atom stereocenters. The second-order valence-electron chi connectivity index (χ2n) is 4.67. The lowest BCUT2D eigenvalue weighted by Gasteiger charge is -2.20. The predicted molar refractivity (Wildman–Crippen MR) is 68.9 cm³/mol. The van der Waals surface area contributed by atoms with Crippen LogP contribution in [0.1, 0.15) is 19.1 Å². The van der Waals surface area contributed by atoms with Crippen molar-refractivity contribution in [3.05, 3.63) is 6.33 Å². The lowest BCUT2D eigenvalue weighted by atomic mass is 10.0. The van der Waals surface area contributed by atoms with Gasteiger partial charge in [-0.1, -0.05) is 0 Å². The van der Waals surface area contributed by atoms with Gasteiger partial charge < -0.3 is 21.3 Å². The summed E-state index contributed by atoms with van der Waals surface area (Å²) in [6.07, 6.45) is 2.06. The maximum absolute atomic E-state index is 9.30. The molecule has 2 aromatic rings. The number of nitriles is 1. The predicted octanol–water partition coefficient (Wildman–Crippen LogP) is -0.446. The summed E-state index contributed by atoms with van der Waals surface area (Å²) >= 11 is 0. The molecule has 9 nitrogen and oxygen atoms in total. The summed E-state index contributed by atoms with van der Waals surface area (Å²) in [6.45, 7) is -0.356. The van der Waals surface area contributed by atoms with Crippen molar-refractivity contribution in [3.8, 4) is 6.07 Å². The van der Waals surface area contributed by atoms with Gasteiger partial charge in [0.05, 0.1) is 12.9 Å². The minimum atomic E-state index is -1.18. The number of anilines is 2. The van der Waals surface area contributed by atoms with E-state index >= 15 is 0 Å². The number of hydrogen-bond donors (Lipinski definition) is 3. The summed E-state index contributed by atoms with van der Waals surface area (Å²) in [5.41, 5.74) is 11.1. The van der Waals surface area contributed by atoms with Gasteiger partial charge in [-0.25, -0.2) is 4.98 Å². The Kier molecular flexibility index (Phi) is 2.70. The molecule has 0 radical (unpaired) electrons. The van der Waals surface area contributed by atoms with E-state index in [-0.39, 0.29) is 18.4 Å². The Labute approximate surface area is 113 Å². The first kappa shape index (κ1) is 12.6. The SMILES string of the molecule is N#C[C@]1(CO)CC[C@H](n2cnc3nc(N)nc(N)c32)O1. The fourth-order valence-corrected chi connectivity index (χ4v) is 2.37. The maximum Gasteiger partial charge on any atom is 0.224 e. The second kappa shape index (κ2) is 4.29. The van der Waals surface area contributed by atoms with Crippen molar-refractivity contribution in [1.82, 2.24) is 19.5 Å². The Hall–Kier alpha value is -2.44. The van der Waals surface area contributed by atoms with Crippen LogP contribution < -0.4 is 11.5 Å². The molecule has 3 heterocycles. The topological polar surface area (TPSA) is 149 Å². The summed E-state index contributed by atoms with van der Waals surface area (Å²) in [4.78, 5) is 12.0. The summed E-state index contributed by atoms with van der Waals surface area (Å²) in [6, 6.07) is 2.00. The van der Waals surface area contributed by atoms with Crippen molar-refractivity contribution in [3.63, 3.8) is 0 Å². The van der Waals surface area contributed by atoms with Crippen LogP contribution in [0.4, 0.5) is 11.8 Å². The normalized spacial score (nSPS) is 25.9. The highest BCUT2D eigenvalue weighted by atomic mass is 16.5. The third-order valence-corrected chi connectivity index (χ3v) is 3.40. The number of hydrogen-bond acceptors (Lipinski definition) is 8. The van der Waals surface area contributed by atoms with Crippen LogP contribution in [0.15, 0.2) is 6.33 Å². The average molecular weight is 275 g/mol. The zero-order chi connectivity index (χ0) is 14.3. The Morgan fingerprint density at radius 1 is 1.55 bits per heavy atom. The van der Waals surface area contributed by atoms with E-state index < -0.39 is 11.8 Å². The van der Waals surface area contributed by atoms with E-state index in [4.69, 9.17) is 21.5 Å².